The van der Waals surface area contributed by atoms with E-state index in [1.54, 1.807) is 31.9 Å². The van der Waals surface area contributed by atoms with E-state index < -0.39 is 12.7 Å². The molecule has 0 bridgehead atoms. The number of halogens is 1. The van der Waals surface area contributed by atoms with E-state index in [4.69, 9.17) is 17.3 Å². The minimum atomic E-state index is -1.65. The largest absolute Gasteiger partial charge is 0.346 e. The van der Waals surface area contributed by atoms with Crippen molar-refractivity contribution in [2.45, 2.75) is 12.5 Å². The number of nitrogens with one attached hydrogen (secondary N) is 2. The Hall–Kier alpha value is -3.44. The van der Waals surface area contributed by atoms with Gasteiger partial charge in [0, 0.05) is 22.0 Å². The predicted octanol–water partition coefficient (Wildman–Crippen LogP) is 6.45. The third-order valence-corrected chi connectivity index (χ3v) is 8.11. The van der Waals surface area contributed by atoms with E-state index in [1.165, 1.54) is 0 Å². The number of hydrogen-bond acceptors (Lipinski definition) is 4. The van der Waals surface area contributed by atoms with Gasteiger partial charge in [0.25, 0.3) is 0 Å². The molecule has 0 saturated heterocycles. The molecule has 5 rings (SSSR count). The van der Waals surface area contributed by atoms with E-state index >= 15 is 0 Å². The van der Waals surface area contributed by atoms with E-state index in [-0.39, 0.29) is 5.56 Å². The summed E-state index contributed by atoms with van der Waals surface area (Å²) in [5.41, 5.74) is 10.9. The standard InChI is InChI=1S/C25H19ClN4O.C4H11OP/c26-19-8-4-7-17(11-19)25(27,23-14-28-15-29-23)18-9-10-22-21(12-18)20(13-24(31)30-22)16-5-2-1-3-6-16;1-4-6(2,3)5/h1-15H,27H2,(H,28,29)(H,30,31);4H2,1-3H3. The van der Waals surface area contributed by atoms with Crippen LogP contribution in [-0.2, 0) is 10.1 Å². The summed E-state index contributed by atoms with van der Waals surface area (Å²) in [4.78, 5) is 22.6. The van der Waals surface area contributed by atoms with Crippen LogP contribution in [0.25, 0.3) is 22.0 Å². The molecule has 0 fully saturated rings. The maximum Gasteiger partial charge on any atom is 0.249 e. The summed E-state index contributed by atoms with van der Waals surface area (Å²) >= 11 is 6.30. The summed E-state index contributed by atoms with van der Waals surface area (Å²) in [6, 6.07) is 24.8. The quantitative estimate of drug-likeness (QED) is 0.226. The van der Waals surface area contributed by atoms with Crippen molar-refractivity contribution in [1.29, 1.82) is 0 Å². The van der Waals surface area contributed by atoms with E-state index in [0.29, 0.717) is 5.02 Å². The number of hydrogen-bond donors (Lipinski definition) is 3. The molecular formula is C29H30ClN4O2P. The molecule has 6 nitrogen and oxygen atoms in total. The number of imidazole rings is 1. The van der Waals surface area contributed by atoms with Crippen molar-refractivity contribution in [3.63, 3.8) is 0 Å². The van der Waals surface area contributed by atoms with Crippen molar-refractivity contribution in [3.05, 3.63) is 124 Å². The molecule has 0 amide bonds. The van der Waals surface area contributed by atoms with Crippen LogP contribution in [-0.4, -0.2) is 34.4 Å². The fourth-order valence-corrected chi connectivity index (χ4v) is 4.23. The fraction of sp³-hybridized carbons (Fsp3) is 0.172. The topological polar surface area (TPSA) is 105 Å². The third kappa shape index (κ3) is 5.94. The molecule has 8 heteroatoms. The van der Waals surface area contributed by atoms with Crippen LogP contribution in [0.15, 0.2) is 96.2 Å². The Morgan fingerprint density at radius 2 is 1.68 bits per heavy atom. The lowest BCUT2D eigenvalue weighted by atomic mass is 9.80. The summed E-state index contributed by atoms with van der Waals surface area (Å²) in [5.74, 6) is 0. The summed E-state index contributed by atoms with van der Waals surface area (Å²) in [6.07, 6.45) is 4.15. The highest BCUT2D eigenvalue weighted by Crippen LogP contribution is 2.37. The number of pyridine rings is 1. The highest BCUT2D eigenvalue weighted by molar-refractivity contribution is 7.62. The number of nitrogens with zero attached hydrogens (tertiary/aromatic N) is 1. The van der Waals surface area contributed by atoms with Gasteiger partial charge in [-0.3, -0.25) is 4.79 Å². The molecule has 0 aliphatic rings. The van der Waals surface area contributed by atoms with Crippen LogP contribution in [0.2, 0.25) is 5.02 Å². The first-order valence-electron chi connectivity index (χ1n) is 11.9. The first-order valence-corrected chi connectivity index (χ1v) is 15.1. The molecule has 3 aromatic carbocycles. The molecule has 2 heterocycles. The van der Waals surface area contributed by atoms with Crippen LogP contribution >= 0.6 is 18.7 Å². The number of nitrogens with two attached hydrogens (primary N) is 1. The summed E-state index contributed by atoms with van der Waals surface area (Å²) in [5, 5.41) is 1.50. The molecule has 0 aliphatic heterocycles. The average molecular weight is 533 g/mol. The van der Waals surface area contributed by atoms with E-state index in [1.807, 2.05) is 79.7 Å². The van der Waals surface area contributed by atoms with Gasteiger partial charge in [0.1, 0.15) is 5.54 Å². The minimum absolute atomic E-state index is 0.151. The third-order valence-electron chi connectivity index (χ3n) is 6.35. The second-order valence-corrected chi connectivity index (χ2v) is 13.6. The van der Waals surface area contributed by atoms with Gasteiger partial charge in [0.05, 0.1) is 25.4 Å². The maximum atomic E-state index is 12.3. The number of H-pyrrole nitrogens is 2. The van der Waals surface area contributed by atoms with Gasteiger partial charge < -0.3 is 20.3 Å². The van der Waals surface area contributed by atoms with Crippen molar-refractivity contribution < 1.29 is 4.57 Å². The first-order chi connectivity index (χ1) is 17.6. The summed E-state index contributed by atoms with van der Waals surface area (Å²) < 4.78 is 10.6. The van der Waals surface area contributed by atoms with Crippen molar-refractivity contribution in [3.8, 4) is 11.1 Å². The zero-order valence-corrected chi connectivity index (χ0v) is 22.7. The Morgan fingerprint density at radius 1 is 0.973 bits per heavy atom. The van der Waals surface area contributed by atoms with E-state index in [2.05, 4.69) is 15.0 Å². The lowest BCUT2D eigenvalue weighted by Crippen LogP contribution is -2.39. The first kappa shape index (κ1) is 26.6. The molecule has 0 spiro atoms. The molecule has 1 unspecified atom stereocenters. The molecule has 0 aliphatic carbocycles. The molecule has 0 radical (unpaired) electrons. The molecular weight excluding hydrogens is 503 g/mol. The Bertz CT molecular complexity index is 1610. The predicted molar refractivity (Wildman–Crippen MR) is 154 cm³/mol. The van der Waals surface area contributed by atoms with Crippen LogP contribution < -0.4 is 11.3 Å². The van der Waals surface area contributed by atoms with Crippen molar-refractivity contribution in [1.82, 2.24) is 15.0 Å². The monoisotopic (exact) mass is 532 g/mol. The van der Waals surface area contributed by atoms with Crippen molar-refractivity contribution in [2.75, 3.05) is 19.5 Å². The number of fused-ring (bicyclic) bond motifs is 1. The van der Waals surface area contributed by atoms with Crippen LogP contribution in [0.5, 0.6) is 0 Å². The normalized spacial score (nSPS) is 13.0. The number of benzene rings is 3. The van der Waals surface area contributed by atoms with Gasteiger partial charge in [-0.15, -0.1) is 0 Å². The van der Waals surface area contributed by atoms with Crippen LogP contribution in [0.1, 0.15) is 23.7 Å². The Kier molecular flexibility index (Phi) is 7.84. The zero-order chi connectivity index (χ0) is 26.6. The van der Waals surface area contributed by atoms with Gasteiger partial charge in [0.2, 0.25) is 5.56 Å². The SMILES string of the molecule is CCP(C)(C)=O.NC(c1cccc(Cl)c1)(c1ccc2[nH]c(=O)cc(-c3ccccc3)c2c1)c1cnc[nH]1. The van der Waals surface area contributed by atoms with Crippen molar-refractivity contribution >= 4 is 29.6 Å². The molecule has 0 saturated carbocycles. The fourth-order valence-electron chi connectivity index (χ4n) is 4.04. The molecule has 2 aromatic heterocycles. The zero-order valence-electron chi connectivity index (χ0n) is 21.0. The number of aromatic nitrogens is 3. The van der Waals surface area contributed by atoms with E-state index in [9.17, 15) is 9.36 Å². The van der Waals surface area contributed by atoms with Gasteiger partial charge in [-0.1, -0.05) is 67.1 Å². The number of aromatic amines is 2. The van der Waals surface area contributed by atoms with Crippen LogP contribution in [0.3, 0.4) is 0 Å². The Morgan fingerprint density at radius 3 is 2.30 bits per heavy atom. The Balaban J connectivity index is 0.000000480. The maximum absolute atomic E-state index is 12.3. The molecule has 190 valence electrons. The lowest BCUT2D eigenvalue weighted by Gasteiger charge is -2.30. The molecule has 1 atom stereocenters. The number of rotatable bonds is 5. The molecule has 37 heavy (non-hydrogen) atoms. The summed E-state index contributed by atoms with van der Waals surface area (Å²) in [6.45, 7) is 5.54. The van der Waals surface area contributed by atoms with Crippen LogP contribution in [0.4, 0.5) is 0 Å². The van der Waals surface area contributed by atoms with Gasteiger partial charge in [0.15, 0.2) is 0 Å². The Labute approximate surface area is 221 Å². The lowest BCUT2D eigenvalue weighted by molar-refractivity contribution is 0.583. The van der Waals surface area contributed by atoms with Crippen molar-refractivity contribution in [2.24, 2.45) is 5.73 Å². The van der Waals surface area contributed by atoms with Gasteiger partial charge in [-0.05, 0) is 66.0 Å². The highest BCUT2D eigenvalue weighted by Gasteiger charge is 2.34. The smallest absolute Gasteiger partial charge is 0.249 e. The second-order valence-electron chi connectivity index (χ2n) is 9.35. The van der Waals surface area contributed by atoms with E-state index in [0.717, 1.165) is 45.0 Å². The summed E-state index contributed by atoms with van der Waals surface area (Å²) in [7, 11) is -1.65. The van der Waals surface area contributed by atoms with Crippen LogP contribution in [0, 0.1) is 0 Å². The average Bonchev–Trinajstić information content (AvgIpc) is 3.44. The van der Waals surface area contributed by atoms with Gasteiger partial charge in [-0.2, -0.15) is 0 Å². The minimum Gasteiger partial charge on any atom is -0.346 e. The molecule has 5 aromatic rings. The highest BCUT2D eigenvalue weighted by atomic mass is 35.5. The van der Waals surface area contributed by atoms with Gasteiger partial charge >= 0.3 is 0 Å². The van der Waals surface area contributed by atoms with Gasteiger partial charge in [-0.25, -0.2) is 4.98 Å². The second kappa shape index (κ2) is 10.9. The molecule has 4 N–H and O–H groups in total.